The van der Waals surface area contributed by atoms with Crippen LogP contribution in [0.2, 0.25) is 10.0 Å². The Bertz CT molecular complexity index is 637. The summed E-state index contributed by atoms with van der Waals surface area (Å²) in [5, 5.41) is 0.299. The van der Waals surface area contributed by atoms with Gasteiger partial charge in [0.25, 0.3) is 0 Å². The number of methoxy groups -OCH3 is 1. The fourth-order valence-corrected chi connectivity index (χ4v) is 4.48. The van der Waals surface area contributed by atoms with Gasteiger partial charge in [0.15, 0.2) is 0 Å². The van der Waals surface area contributed by atoms with Crippen molar-refractivity contribution in [3.63, 3.8) is 0 Å². The first-order valence-electron chi connectivity index (χ1n) is 7.08. The second kappa shape index (κ2) is 7.36. The van der Waals surface area contributed by atoms with Crippen LogP contribution in [0.15, 0.2) is 17.0 Å². The highest BCUT2D eigenvalue weighted by Gasteiger charge is 2.24. The lowest BCUT2D eigenvalue weighted by Gasteiger charge is -2.32. The Balaban J connectivity index is 2.15. The van der Waals surface area contributed by atoms with Gasteiger partial charge in [0.05, 0.1) is 17.2 Å². The van der Waals surface area contributed by atoms with E-state index in [2.05, 4.69) is 9.62 Å². The Kier molecular flexibility index (Phi) is 5.96. The molecule has 1 N–H and O–H groups in total. The molecule has 8 heteroatoms. The number of piperidine rings is 1. The van der Waals surface area contributed by atoms with Gasteiger partial charge < -0.3 is 9.64 Å². The quantitative estimate of drug-likeness (QED) is 0.870. The summed E-state index contributed by atoms with van der Waals surface area (Å²) in [5.41, 5.74) is 0. The van der Waals surface area contributed by atoms with Crippen LogP contribution in [-0.2, 0) is 10.0 Å². The lowest BCUT2D eigenvalue weighted by Crippen LogP contribution is -2.44. The van der Waals surface area contributed by atoms with E-state index in [4.69, 9.17) is 27.9 Å². The molecule has 0 aromatic heterocycles. The summed E-state index contributed by atoms with van der Waals surface area (Å²) >= 11 is 12.0. The van der Waals surface area contributed by atoms with Gasteiger partial charge in [-0.15, -0.1) is 0 Å². The molecule has 1 saturated heterocycles. The number of ether oxygens (including phenoxy) is 1. The molecule has 1 aromatic carbocycles. The van der Waals surface area contributed by atoms with E-state index < -0.39 is 10.0 Å². The minimum Gasteiger partial charge on any atom is -0.495 e. The SMILES string of the molecule is COc1cc(Cl)c(S(=O)(=O)NCC2CCCCN2C)cc1Cl. The van der Waals surface area contributed by atoms with E-state index in [-0.39, 0.29) is 21.0 Å². The summed E-state index contributed by atoms with van der Waals surface area (Å²) in [5.74, 6) is 0.345. The highest BCUT2D eigenvalue weighted by Crippen LogP contribution is 2.33. The summed E-state index contributed by atoms with van der Waals surface area (Å²) in [7, 11) is -0.253. The van der Waals surface area contributed by atoms with Crippen molar-refractivity contribution < 1.29 is 13.2 Å². The number of hydrogen-bond donors (Lipinski definition) is 1. The largest absolute Gasteiger partial charge is 0.495 e. The van der Waals surface area contributed by atoms with E-state index in [1.165, 1.54) is 19.2 Å². The first kappa shape index (κ1) is 17.8. The number of nitrogens with zero attached hydrogens (tertiary/aromatic N) is 1. The molecule has 1 fully saturated rings. The predicted octanol–water partition coefficient (Wildman–Crippen LogP) is 2.76. The van der Waals surface area contributed by atoms with Crippen molar-refractivity contribution in [1.82, 2.24) is 9.62 Å². The Morgan fingerprint density at radius 2 is 2.05 bits per heavy atom. The molecule has 22 heavy (non-hydrogen) atoms. The van der Waals surface area contributed by atoms with E-state index in [1.54, 1.807) is 0 Å². The fraction of sp³-hybridized carbons (Fsp3) is 0.571. The van der Waals surface area contributed by atoms with Crippen molar-refractivity contribution >= 4 is 33.2 Å². The molecule has 5 nitrogen and oxygen atoms in total. The van der Waals surface area contributed by atoms with E-state index in [9.17, 15) is 8.42 Å². The molecule has 0 aliphatic carbocycles. The van der Waals surface area contributed by atoms with Crippen LogP contribution in [-0.4, -0.2) is 46.6 Å². The van der Waals surface area contributed by atoms with Crippen LogP contribution >= 0.6 is 23.2 Å². The van der Waals surface area contributed by atoms with Crippen molar-refractivity contribution in [3.8, 4) is 5.75 Å². The number of benzene rings is 1. The molecule has 1 unspecified atom stereocenters. The van der Waals surface area contributed by atoms with E-state index in [0.717, 1.165) is 25.8 Å². The number of halogens is 2. The van der Waals surface area contributed by atoms with Crippen molar-refractivity contribution in [2.24, 2.45) is 0 Å². The van der Waals surface area contributed by atoms with E-state index in [0.29, 0.717) is 12.3 Å². The van der Waals surface area contributed by atoms with E-state index in [1.807, 2.05) is 7.05 Å². The van der Waals surface area contributed by atoms with E-state index >= 15 is 0 Å². The maximum Gasteiger partial charge on any atom is 0.242 e. The highest BCUT2D eigenvalue weighted by molar-refractivity contribution is 7.89. The van der Waals surface area contributed by atoms with Crippen LogP contribution in [0, 0.1) is 0 Å². The number of rotatable bonds is 5. The minimum atomic E-state index is -3.71. The van der Waals surface area contributed by atoms with Crippen LogP contribution in [0.25, 0.3) is 0 Å². The van der Waals surface area contributed by atoms with Crippen LogP contribution in [0.1, 0.15) is 19.3 Å². The summed E-state index contributed by atoms with van der Waals surface area (Å²) in [6.45, 7) is 1.35. The zero-order valence-corrected chi connectivity index (χ0v) is 14.9. The molecule has 1 aliphatic rings. The maximum absolute atomic E-state index is 12.4. The molecule has 1 atom stereocenters. The second-order valence-corrected chi connectivity index (χ2v) is 7.95. The third-order valence-electron chi connectivity index (χ3n) is 3.93. The average molecular weight is 367 g/mol. The third-order valence-corrected chi connectivity index (χ3v) is 6.11. The molecule has 1 aliphatic heterocycles. The molecule has 1 heterocycles. The summed E-state index contributed by atoms with van der Waals surface area (Å²) in [6.07, 6.45) is 3.25. The standard InChI is InChI=1S/C14H20Cl2N2O3S/c1-18-6-4-3-5-10(18)9-17-22(19,20)14-8-11(15)13(21-2)7-12(14)16/h7-8,10,17H,3-6,9H2,1-2H3. The zero-order chi connectivity index (χ0) is 16.3. The average Bonchev–Trinajstić information content (AvgIpc) is 2.48. The highest BCUT2D eigenvalue weighted by atomic mass is 35.5. The third kappa shape index (κ3) is 4.06. The van der Waals surface area contributed by atoms with Crippen molar-refractivity contribution in [2.75, 3.05) is 27.2 Å². The van der Waals surface area contributed by atoms with Gasteiger partial charge in [-0.05, 0) is 32.5 Å². The molecule has 0 spiro atoms. The Labute approximate surface area is 141 Å². The molecular weight excluding hydrogens is 347 g/mol. The number of hydrogen-bond acceptors (Lipinski definition) is 4. The molecular formula is C14H20Cl2N2O3S. The summed E-state index contributed by atoms with van der Waals surface area (Å²) < 4.78 is 32.5. The minimum absolute atomic E-state index is 0.0292. The van der Waals surface area contributed by atoms with Crippen LogP contribution in [0.5, 0.6) is 5.75 Å². The van der Waals surface area contributed by atoms with Gasteiger partial charge in [0.1, 0.15) is 10.6 Å². The smallest absolute Gasteiger partial charge is 0.242 e. The Morgan fingerprint density at radius 1 is 1.32 bits per heavy atom. The van der Waals surface area contributed by atoms with Gasteiger partial charge in [-0.1, -0.05) is 29.6 Å². The van der Waals surface area contributed by atoms with Gasteiger partial charge in [0.2, 0.25) is 10.0 Å². The van der Waals surface area contributed by atoms with Crippen molar-refractivity contribution in [1.29, 1.82) is 0 Å². The lowest BCUT2D eigenvalue weighted by molar-refractivity contribution is 0.187. The van der Waals surface area contributed by atoms with Crippen molar-refractivity contribution in [3.05, 3.63) is 22.2 Å². The van der Waals surface area contributed by atoms with Gasteiger partial charge in [-0.2, -0.15) is 0 Å². The van der Waals surface area contributed by atoms with Gasteiger partial charge >= 0.3 is 0 Å². The predicted molar refractivity (Wildman–Crippen MR) is 88.5 cm³/mol. The lowest BCUT2D eigenvalue weighted by atomic mass is 10.0. The molecule has 1 aromatic rings. The topological polar surface area (TPSA) is 58.6 Å². The van der Waals surface area contributed by atoms with Crippen LogP contribution in [0.4, 0.5) is 0 Å². The number of nitrogens with one attached hydrogen (secondary N) is 1. The monoisotopic (exact) mass is 366 g/mol. The number of sulfonamides is 1. The van der Waals surface area contributed by atoms with Crippen LogP contribution in [0.3, 0.4) is 0 Å². The first-order chi connectivity index (χ1) is 10.3. The molecule has 124 valence electrons. The summed E-state index contributed by atoms with van der Waals surface area (Å²) in [6, 6.07) is 2.93. The van der Waals surface area contributed by atoms with Gasteiger partial charge in [-0.3, -0.25) is 0 Å². The normalized spacial score (nSPS) is 20.1. The van der Waals surface area contributed by atoms with Crippen LogP contribution < -0.4 is 9.46 Å². The molecule has 0 saturated carbocycles. The number of likely N-dealkylation sites (tertiary alicyclic amines) is 1. The summed E-state index contributed by atoms with van der Waals surface area (Å²) in [4.78, 5) is 2.15. The molecule has 0 amide bonds. The van der Waals surface area contributed by atoms with Gasteiger partial charge in [0, 0.05) is 18.7 Å². The molecule has 0 bridgehead atoms. The fourth-order valence-electron chi connectivity index (χ4n) is 2.56. The Morgan fingerprint density at radius 3 is 2.68 bits per heavy atom. The molecule has 2 rings (SSSR count). The number of likely N-dealkylation sites (N-methyl/N-ethyl adjacent to an activating group) is 1. The first-order valence-corrected chi connectivity index (χ1v) is 9.32. The molecule has 0 radical (unpaired) electrons. The Hall–Kier alpha value is -0.530. The maximum atomic E-state index is 12.4. The second-order valence-electron chi connectivity index (χ2n) is 5.40. The van der Waals surface area contributed by atoms with Crippen molar-refractivity contribution in [2.45, 2.75) is 30.2 Å². The van der Waals surface area contributed by atoms with Gasteiger partial charge in [-0.25, -0.2) is 13.1 Å². The zero-order valence-electron chi connectivity index (χ0n) is 12.6.